The Morgan fingerprint density at radius 1 is 1.40 bits per heavy atom. The number of aromatic nitrogens is 1. The number of thiazole rings is 1. The third kappa shape index (κ3) is 4.26. The Kier molecular flexibility index (Phi) is 6.56. The van der Waals surface area contributed by atoms with E-state index in [9.17, 15) is 9.59 Å². The van der Waals surface area contributed by atoms with Gasteiger partial charge in [0, 0.05) is 13.7 Å². The molecule has 1 unspecified atom stereocenters. The second-order valence-corrected chi connectivity index (χ2v) is 4.81. The van der Waals surface area contributed by atoms with Crippen LogP contribution in [0.3, 0.4) is 0 Å². The maximum atomic E-state index is 11.8. The number of carbonyl (C=O) groups is 2. The minimum Gasteiger partial charge on any atom is -0.465 e. The highest BCUT2D eigenvalue weighted by molar-refractivity contribution is 7.17. The van der Waals surface area contributed by atoms with Crippen molar-refractivity contribution in [2.24, 2.45) is 0 Å². The largest absolute Gasteiger partial charge is 0.465 e. The van der Waals surface area contributed by atoms with E-state index >= 15 is 0 Å². The lowest BCUT2D eigenvalue weighted by molar-refractivity contribution is -0.126. The molecule has 112 valence electrons. The summed E-state index contributed by atoms with van der Waals surface area (Å²) in [5, 5.41) is 2.92. The van der Waals surface area contributed by atoms with E-state index in [1.807, 2.05) is 0 Å². The summed E-state index contributed by atoms with van der Waals surface area (Å²) in [6, 6.07) is 0. The van der Waals surface area contributed by atoms with Gasteiger partial charge in [0.1, 0.15) is 11.0 Å². The smallest absolute Gasteiger partial charge is 0.350 e. The van der Waals surface area contributed by atoms with Gasteiger partial charge in [0.2, 0.25) is 0 Å². The molecule has 0 spiro atoms. The highest BCUT2D eigenvalue weighted by Crippen LogP contribution is 2.24. The summed E-state index contributed by atoms with van der Waals surface area (Å²) in [6.07, 6.45) is -0.587. The minimum atomic E-state index is -0.587. The Morgan fingerprint density at radius 2 is 2.10 bits per heavy atom. The third-order valence-corrected chi connectivity index (χ3v) is 3.36. The van der Waals surface area contributed by atoms with Crippen molar-refractivity contribution < 1.29 is 23.8 Å². The molecular weight excluding hydrogens is 284 g/mol. The van der Waals surface area contributed by atoms with Crippen LogP contribution in [0.5, 0.6) is 0 Å². The molecule has 0 aromatic carbocycles. The molecule has 1 atom stereocenters. The summed E-state index contributed by atoms with van der Waals surface area (Å²) in [7, 11) is 2.78. The maximum absolute atomic E-state index is 11.8. The predicted octanol–water partition coefficient (Wildman–Crippen LogP) is 1.44. The van der Waals surface area contributed by atoms with Gasteiger partial charge >= 0.3 is 5.97 Å². The minimum absolute atomic E-state index is 0.165. The number of methoxy groups -OCH3 is 2. The summed E-state index contributed by atoms with van der Waals surface area (Å²) in [6.45, 7) is 4.05. The van der Waals surface area contributed by atoms with Gasteiger partial charge in [-0.05, 0) is 13.8 Å². The number of hydrogen-bond acceptors (Lipinski definition) is 7. The molecule has 0 saturated carbocycles. The van der Waals surface area contributed by atoms with Crippen LogP contribution in [0.2, 0.25) is 0 Å². The van der Waals surface area contributed by atoms with Gasteiger partial charge in [0.15, 0.2) is 5.13 Å². The summed E-state index contributed by atoms with van der Waals surface area (Å²) >= 11 is 1.04. The normalized spacial score (nSPS) is 12.0. The van der Waals surface area contributed by atoms with Crippen LogP contribution in [-0.2, 0) is 25.6 Å². The van der Waals surface area contributed by atoms with Gasteiger partial charge in [-0.3, -0.25) is 10.1 Å². The van der Waals surface area contributed by atoms with Gasteiger partial charge in [0.25, 0.3) is 5.91 Å². The zero-order chi connectivity index (χ0) is 15.1. The lowest BCUT2D eigenvalue weighted by Crippen LogP contribution is -2.27. The molecule has 1 amide bonds. The van der Waals surface area contributed by atoms with Crippen molar-refractivity contribution in [2.45, 2.75) is 26.6 Å². The Labute approximate surface area is 121 Å². The molecule has 1 N–H and O–H groups in total. The number of rotatable bonds is 7. The average molecular weight is 302 g/mol. The van der Waals surface area contributed by atoms with E-state index in [4.69, 9.17) is 9.47 Å². The van der Waals surface area contributed by atoms with Gasteiger partial charge in [-0.1, -0.05) is 11.3 Å². The molecular formula is C12H18N2O5S. The Bertz CT molecular complexity index is 474. The number of esters is 1. The monoisotopic (exact) mass is 302 g/mol. The van der Waals surface area contributed by atoms with E-state index in [-0.39, 0.29) is 12.5 Å². The van der Waals surface area contributed by atoms with Crippen LogP contribution < -0.4 is 5.32 Å². The lowest BCUT2D eigenvalue weighted by atomic mass is 10.4. The van der Waals surface area contributed by atoms with Crippen molar-refractivity contribution in [3.63, 3.8) is 0 Å². The van der Waals surface area contributed by atoms with Gasteiger partial charge < -0.3 is 14.2 Å². The second-order valence-electron chi connectivity index (χ2n) is 3.81. The first-order valence-electron chi connectivity index (χ1n) is 6.02. The first-order chi connectivity index (χ1) is 9.53. The molecule has 1 aromatic heterocycles. The highest BCUT2D eigenvalue weighted by Gasteiger charge is 2.21. The molecule has 0 bridgehead atoms. The summed E-state index contributed by atoms with van der Waals surface area (Å²) in [5.74, 6) is -0.825. The molecule has 1 heterocycles. The molecule has 20 heavy (non-hydrogen) atoms. The molecule has 7 nitrogen and oxygen atoms in total. The topological polar surface area (TPSA) is 86.8 Å². The standard InChI is InChI=1S/C12H18N2O5S/c1-5-19-7(2)10(15)14-12-13-8(6-17-3)9(20-12)11(16)18-4/h7H,5-6H2,1-4H3,(H,13,14,15). The molecule has 0 aliphatic heterocycles. The Hall–Kier alpha value is -1.51. The third-order valence-electron chi connectivity index (χ3n) is 2.37. The number of ether oxygens (including phenoxy) is 3. The molecule has 1 aromatic rings. The van der Waals surface area contributed by atoms with E-state index in [0.29, 0.717) is 22.3 Å². The SMILES string of the molecule is CCOC(C)C(=O)Nc1nc(COC)c(C(=O)OC)s1. The van der Waals surface area contributed by atoms with Crippen LogP contribution in [-0.4, -0.2) is 43.8 Å². The van der Waals surface area contributed by atoms with Crippen LogP contribution >= 0.6 is 11.3 Å². The number of anilines is 1. The molecule has 0 radical (unpaired) electrons. The maximum Gasteiger partial charge on any atom is 0.350 e. The van der Waals surface area contributed by atoms with E-state index in [1.54, 1.807) is 13.8 Å². The number of amides is 1. The van der Waals surface area contributed by atoms with E-state index in [0.717, 1.165) is 11.3 Å². The molecule has 0 aliphatic carbocycles. The Balaban J connectivity index is 2.86. The molecule has 8 heteroatoms. The first kappa shape index (κ1) is 16.5. The molecule has 1 rings (SSSR count). The van der Waals surface area contributed by atoms with Gasteiger partial charge in [-0.15, -0.1) is 0 Å². The number of carbonyl (C=O) groups excluding carboxylic acids is 2. The quantitative estimate of drug-likeness (QED) is 0.767. The average Bonchev–Trinajstić information content (AvgIpc) is 2.81. The fourth-order valence-corrected chi connectivity index (χ4v) is 2.31. The zero-order valence-electron chi connectivity index (χ0n) is 11.9. The summed E-state index contributed by atoms with van der Waals surface area (Å²) < 4.78 is 14.8. The van der Waals surface area contributed by atoms with E-state index in [2.05, 4.69) is 15.0 Å². The highest BCUT2D eigenvalue weighted by atomic mass is 32.1. The molecule has 0 fully saturated rings. The zero-order valence-corrected chi connectivity index (χ0v) is 12.7. The number of nitrogens with zero attached hydrogens (tertiary/aromatic N) is 1. The van der Waals surface area contributed by atoms with Crippen LogP contribution in [0, 0.1) is 0 Å². The molecule has 0 saturated heterocycles. The fourth-order valence-electron chi connectivity index (χ4n) is 1.42. The second kappa shape index (κ2) is 7.93. The van der Waals surface area contributed by atoms with E-state index in [1.165, 1.54) is 14.2 Å². The summed E-state index contributed by atoms with van der Waals surface area (Å²) in [4.78, 5) is 27.9. The van der Waals surface area contributed by atoms with Crippen LogP contribution in [0.4, 0.5) is 5.13 Å². The van der Waals surface area contributed by atoms with Crippen molar-refractivity contribution >= 4 is 28.3 Å². The number of nitrogens with one attached hydrogen (secondary N) is 1. The lowest BCUT2D eigenvalue weighted by Gasteiger charge is -2.09. The van der Waals surface area contributed by atoms with Crippen molar-refractivity contribution in [1.82, 2.24) is 4.98 Å². The summed E-state index contributed by atoms with van der Waals surface area (Å²) in [5.41, 5.74) is 0.434. The van der Waals surface area contributed by atoms with Gasteiger partial charge in [0.05, 0.1) is 19.4 Å². The van der Waals surface area contributed by atoms with Gasteiger partial charge in [-0.25, -0.2) is 9.78 Å². The van der Waals surface area contributed by atoms with Crippen LogP contribution in [0.15, 0.2) is 0 Å². The first-order valence-corrected chi connectivity index (χ1v) is 6.84. The van der Waals surface area contributed by atoms with Crippen molar-refractivity contribution in [1.29, 1.82) is 0 Å². The predicted molar refractivity (Wildman–Crippen MR) is 73.9 cm³/mol. The van der Waals surface area contributed by atoms with Gasteiger partial charge in [-0.2, -0.15) is 0 Å². The van der Waals surface area contributed by atoms with Crippen molar-refractivity contribution in [3.05, 3.63) is 10.6 Å². The van der Waals surface area contributed by atoms with Crippen molar-refractivity contribution in [2.75, 3.05) is 26.1 Å². The van der Waals surface area contributed by atoms with Crippen molar-refractivity contribution in [3.8, 4) is 0 Å². The fraction of sp³-hybridized carbons (Fsp3) is 0.583. The van der Waals surface area contributed by atoms with E-state index < -0.39 is 12.1 Å². The molecule has 0 aliphatic rings. The number of hydrogen-bond donors (Lipinski definition) is 1. The Morgan fingerprint density at radius 3 is 2.65 bits per heavy atom. The van der Waals surface area contributed by atoms with Crippen LogP contribution in [0.25, 0.3) is 0 Å². The van der Waals surface area contributed by atoms with Crippen LogP contribution in [0.1, 0.15) is 29.2 Å².